The highest BCUT2D eigenvalue weighted by atomic mass is 16.7. The zero-order valence-corrected chi connectivity index (χ0v) is 17.4. The van der Waals surface area contributed by atoms with Crippen LogP contribution in [-0.2, 0) is 26.9 Å². The van der Waals surface area contributed by atoms with E-state index in [9.17, 15) is 4.79 Å². The summed E-state index contributed by atoms with van der Waals surface area (Å²) in [6, 6.07) is 13.7. The maximum Gasteiger partial charge on any atom is 0.494 e. The maximum absolute atomic E-state index is 11.2. The van der Waals surface area contributed by atoms with Gasteiger partial charge in [0, 0.05) is 5.56 Å². The first-order valence-electron chi connectivity index (χ1n) is 10.1. The summed E-state index contributed by atoms with van der Waals surface area (Å²) in [5, 5.41) is 9.17. The van der Waals surface area contributed by atoms with Gasteiger partial charge in [-0.1, -0.05) is 36.4 Å². The molecule has 1 saturated heterocycles. The van der Waals surface area contributed by atoms with Gasteiger partial charge in [0.2, 0.25) is 0 Å². The van der Waals surface area contributed by atoms with Crippen LogP contribution in [0.5, 0.6) is 5.75 Å². The molecule has 1 N–H and O–H groups in total. The van der Waals surface area contributed by atoms with Crippen molar-refractivity contribution in [1.82, 2.24) is 0 Å². The molecular weight excluding hydrogens is 367 g/mol. The Hall–Kier alpha value is -2.31. The number of ether oxygens (including phenoxy) is 1. The van der Waals surface area contributed by atoms with Crippen molar-refractivity contribution < 1.29 is 23.9 Å². The number of carbonyl (C=O) groups is 1. The Kier molecular flexibility index (Phi) is 4.95. The molecular formula is C23H27BO5. The number of aryl methyl sites for hydroxylation is 1. The zero-order valence-electron chi connectivity index (χ0n) is 17.4. The molecule has 0 bridgehead atoms. The van der Waals surface area contributed by atoms with Gasteiger partial charge >= 0.3 is 13.1 Å². The summed E-state index contributed by atoms with van der Waals surface area (Å²) in [6.45, 7) is 8.19. The van der Waals surface area contributed by atoms with Crippen molar-refractivity contribution in [2.45, 2.75) is 64.3 Å². The number of hydrogen-bond acceptors (Lipinski definition) is 4. The SMILES string of the molecule is CC1(C)OB(c2ccc3c(c2)C(Oc2ccccc2CC(=O)O)CC3)OC1(C)C. The molecule has 0 amide bonds. The maximum atomic E-state index is 11.2. The van der Waals surface area contributed by atoms with Crippen molar-refractivity contribution in [3.63, 3.8) is 0 Å². The summed E-state index contributed by atoms with van der Waals surface area (Å²) in [5.74, 6) is -0.232. The number of aliphatic carboxylic acids is 1. The van der Waals surface area contributed by atoms with Gasteiger partial charge in [0.15, 0.2) is 0 Å². The molecule has 1 aliphatic carbocycles. The number of carboxylic acid groups (broad SMARTS) is 1. The minimum atomic E-state index is -0.865. The molecule has 5 nitrogen and oxygen atoms in total. The fourth-order valence-electron chi connectivity index (χ4n) is 3.91. The topological polar surface area (TPSA) is 65.0 Å². The molecule has 4 rings (SSSR count). The minimum absolute atomic E-state index is 0.0519. The molecule has 152 valence electrons. The van der Waals surface area contributed by atoms with Crippen LogP contribution in [0.2, 0.25) is 0 Å². The van der Waals surface area contributed by atoms with Crippen LogP contribution in [0, 0.1) is 0 Å². The lowest BCUT2D eigenvalue weighted by atomic mass is 9.78. The molecule has 0 spiro atoms. The van der Waals surface area contributed by atoms with Crippen LogP contribution in [-0.4, -0.2) is 29.4 Å². The Balaban J connectivity index is 1.59. The molecule has 0 aromatic heterocycles. The summed E-state index contributed by atoms with van der Waals surface area (Å²) >= 11 is 0. The van der Waals surface area contributed by atoms with E-state index in [1.165, 1.54) is 5.56 Å². The largest absolute Gasteiger partial charge is 0.494 e. The van der Waals surface area contributed by atoms with Gasteiger partial charge in [0.1, 0.15) is 11.9 Å². The lowest BCUT2D eigenvalue weighted by Crippen LogP contribution is -2.41. The smallest absolute Gasteiger partial charge is 0.485 e. The Labute approximate surface area is 172 Å². The van der Waals surface area contributed by atoms with Crippen LogP contribution in [0.15, 0.2) is 42.5 Å². The summed E-state index contributed by atoms with van der Waals surface area (Å²) in [4.78, 5) is 11.2. The van der Waals surface area contributed by atoms with Crippen LogP contribution in [0.25, 0.3) is 0 Å². The van der Waals surface area contributed by atoms with E-state index in [4.69, 9.17) is 19.2 Å². The zero-order chi connectivity index (χ0) is 20.8. The fraction of sp³-hybridized carbons (Fsp3) is 0.435. The number of benzene rings is 2. The summed E-state index contributed by atoms with van der Waals surface area (Å²) in [7, 11) is -0.411. The summed E-state index contributed by atoms with van der Waals surface area (Å²) < 4.78 is 18.7. The normalized spacial score (nSPS) is 21.8. The molecule has 1 heterocycles. The summed E-state index contributed by atoms with van der Waals surface area (Å²) in [5.41, 5.74) is 3.28. The molecule has 1 unspecified atom stereocenters. The average molecular weight is 394 g/mol. The number of rotatable bonds is 5. The van der Waals surface area contributed by atoms with Crippen molar-refractivity contribution >= 4 is 18.6 Å². The molecule has 1 fully saturated rings. The van der Waals surface area contributed by atoms with Crippen molar-refractivity contribution in [1.29, 1.82) is 0 Å². The molecule has 6 heteroatoms. The van der Waals surface area contributed by atoms with E-state index in [0.29, 0.717) is 11.3 Å². The molecule has 0 saturated carbocycles. The number of carboxylic acids is 1. The Morgan fingerprint density at radius 3 is 2.52 bits per heavy atom. The van der Waals surface area contributed by atoms with Crippen molar-refractivity contribution in [2.75, 3.05) is 0 Å². The van der Waals surface area contributed by atoms with Gasteiger partial charge in [-0.15, -0.1) is 0 Å². The lowest BCUT2D eigenvalue weighted by molar-refractivity contribution is -0.136. The highest BCUT2D eigenvalue weighted by molar-refractivity contribution is 6.62. The molecule has 29 heavy (non-hydrogen) atoms. The van der Waals surface area contributed by atoms with E-state index < -0.39 is 13.1 Å². The van der Waals surface area contributed by atoms with E-state index in [1.807, 2.05) is 45.9 Å². The second kappa shape index (κ2) is 7.19. The molecule has 1 aliphatic heterocycles. The van der Waals surface area contributed by atoms with E-state index in [-0.39, 0.29) is 23.7 Å². The molecule has 2 aromatic carbocycles. The molecule has 1 atom stereocenters. The van der Waals surface area contributed by atoms with Crippen LogP contribution in [0.1, 0.15) is 56.9 Å². The standard InChI is InChI=1S/C23H27BO5/c1-22(2)23(3,4)29-24(28-22)17-11-9-15-10-12-20(18(15)14-17)27-19-8-6-5-7-16(19)13-21(25)26/h5-9,11,14,20H,10,12-13H2,1-4H3,(H,25,26). The minimum Gasteiger partial charge on any atom is -0.485 e. The molecule has 0 radical (unpaired) electrons. The highest BCUT2D eigenvalue weighted by Crippen LogP contribution is 2.38. The van der Waals surface area contributed by atoms with Gasteiger partial charge in [-0.2, -0.15) is 0 Å². The predicted molar refractivity (Wildman–Crippen MR) is 112 cm³/mol. The van der Waals surface area contributed by atoms with E-state index >= 15 is 0 Å². The Bertz CT molecular complexity index is 921. The molecule has 2 aliphatic rings. The quantitative estimate of drug-likeness (QED) is 0.784. The van der Waals surface area contributed by atoms with E-state index in [2.05, 4.69) is 18.2 Å². The van der Waals surface area contributed by atoms with Gasteiger partial charge in [0.05, 0.1) is 17.6 Å². The van der Waals surface area contributed by atoms with Crippen LogP contribution >= 0.6 is 0 Å². The van der Waals surface area contributed by atoms with Crippen molar-refractivity contribution in [2.24, 2.45) is 0 Å². The first kappa shape index (κ1) is 20.0. The second-order valence-corrected chi connectivity index (χ2v) is 8.87. The number of fused-ring (bicyclic) bond motifs is 1. The second-order valence-electron chi connectivity index (χ2n) is 8.87. The first-order valence-corrected chi connectivity index (χ1v) is 10.1. The van der Waals surface area contributed by atoms with Crippen LogP contribution in [0.3, 0.4) is 0 Å². The van der Waals surface area contributed by atoms with Gasteiger partial charge in [-0.25, -0.2) is 0 Å². The van der Waals surface area contributed by atoms with Crippen molar-refractivity contribution in [3.8, 4) is 5.75 Å². The van der Waals surface area contributed by atoms with Crippen molar-refractivity contribution in [3.05, 3.63) is 59.2 Å². The lowest BCUT2D eigenvalue weighted by Gasteiger charge is -2.32. The predicted octanol–water partition coefficient (Wildman–Crippen LogP) is 3.68. The van der Waals surface area contributed by atoms with Gasteiger partial charge in [-0.05, 0) is 63.2 Å². The van der Waals surface area contributed by atoms with E-state index in [0.717, 1.165) is 23.9 Å². The highest BCUT2D eigenvalue weighted by Gasteiger charge is 2.51. The Morgan fingerprint density at radius 1 is 1.14 bits per heavy atom. The van der Waals surface area contributed by atoms with Gasteiger partial charge in [-0.3, -0.25) is 4.79 Å². The summed E-state index contributed by atoms with van der Waals surface area (Å²) in [6.07, 6.45) is 1.64. The van der Waals surface area contributed by atoms with Gasteiger partial charge < -0.3 is 19.2 Å². The number of para-hydroxylation sites is 1. The van der Waals surface area contributed by atoms with E-state index in [1.54, 1.807) is 6.07 Å². The van der Waals surface area contributed by atoms with Crippen LogP contribution in [0.4, 0.5) is 0 Å². The third-order valence-electron chi connectivity index (χ3n) is 6.30. The number of hydrogen-bond donors (Lipinski definition) is 1. The van der Waals surface area contributed by atoms with Crippen LogP contribution < -0.4 is 10.2 Å². The fourth-order valence-corrected chi connectivity index (χ4v) is 3.91. The third-order valence-corrected chi connectivity index (χ3v) is 6.30. The first-order chi connectivity index (χ1) is 13.7. The monoisotopic (exact) mass is 394 g/mol. The average Bonchev–Trinajstić information content (AvgIpc) is 3.13. The molecule has 2 aromatic rings. The van der Waals surface area contributed by atoms with Gasteiger partial charge in [0.25, 0.3) is 0 Å². The Morgan fingerprint density at radius 2 is 1.83 bits per heavy atom. The third kappa shape index (κ3) is 3.79.